The van der Waals surface area contributed by atoms with Crippen molar-refractivity contribution in [3.05, 3.63) is 36.5 Å². The first kappa shape index (κ1) is 49.2. The van der Waals surface area contributed by atoms with Gasteiger partial charge in [0.15, 0.2) is 6.10 Å². The predicted molar refractivity (Wildman–Crippen MR) is 208 cm³/mol. The van der Waals surface area contributed by atoms with E-state index in [0.29, 0.717) is 17.4 Å². The zero-order valence-electron chi connectivity index (χ0n) is 33.3. The molecular formula is C41H76NO8P. The number of hydrogen-bond donors (Lipinski definition) is 0. The minimum atomic E-state index is -4.62. The first-order valence-electron chi connectivity index (χ1n) is 20.2. The van der Waals surface area contributed by atoms with Crippen LogP contribution in [0.5, 0.6) is 0 Å². The molecule has 0 radical (unpaired) electrons. The topological polar surface area (TPSA) is 111 Å². The Balaban J connectivity index is 4.44. The number of nitrogens with zero attached hydrogens (tertiary/aromatic N) is 1. The van der Waals surface area contributed by atoms with E-state index in [-0.39, 0.29) is 26.1 Å². The first-order valence-corrected chi connectivity index (χ1v) is 21.7. The fraction of sp³-hybridized carbons (Fsp3) is 0.805. The summed E-state index contributed by atoms with van der Waals surface area (Å²) in [4.78, 5) is 37.4. The summed E-state index contributed by atoms with van der Waals surface area (Å²) in [6.45, 7) is 4.08. The van der Waals surface area contributed by atoms with Gasteiger partial charge in [0.2, 0.25) is 0 Å². The summed E-state index contributed by atoms with van der Waals surface area (Å²) in [7, 11) is 1.15. The lowest BCUT2D eigenvalue weighted by molar-refractivity contribution is -0.870. The highest BCUT2D eigenvalue weighted by molar-refractivity contribution is 7.45. The zero-order valence-corrected chi connectivity index (χ0v) is 34.2. The van der Waals surface area contributed by atoms with E-state index in [1.807, 2.05) is 21.1 Å². The molecule has 0 saturated heterocycles. The Morgan fingerprint density at radius 2 is 1.12 bits per heavy atom. The van der Waals surface area contributed by atoms with Gasteiger partial charge in [-0.25, -0.2) is 0 Å². The number of likely N-dealkylation sites (N-methyl/N-ethyl adjacent to an activating group) is 1. The lowest BCUT2D eigenvalue weighted by atomic mass is 10.0. The minimum Gasteiger partial charge on any atom is -0.756 e. The van der Waals surface area contributed by atoms with E-state index in [2.05, 4.69) is 50.3 Å². The molecule has 0 aromatic heterocycles. The van der Waals surface area contributed by atoms with Crippen molar-refractivity contribution in [3.8, 4) is 0 Å². The third kappa shape index (κ3) is 37.8. The van der Waals surface area contributed by atoms with Crippen LogP contribution in [0.2, 0.25) is 0 Å². The van der Waals surface area contributed by atoms with Crippen LogP contribution in [0.25, 0.3) is 0 Å². The monoisotopic (exact) mass is 742 g/mol. The highest BCUT2D eigenvalue weighted by Crippen LogP contribution is 2.38. The number of esters is 2. The lowest BCUT2D eigenvalue weighted by Gasteiger charge is -2.28. The number of phosphoric ester groups is 1. The van der Waals surface area contributed by atoms with E-state index in [9.17, 15) is 19.0 Å². The van der Waals surface area contributed by atoms with Gasteiger partial charge in [-0.15, -0.1) is 0 Å². The number of carbonyl (C=O) groups is 2. The fourth-order valence-corrected chi connectivity index (χ4v) is 5.98. The van der Waals surface area contributed by atoms with Gasteiger partial charge in [-0.3, -0.25) is 14.2 Å². The molecule has 0 spiro atoms. The average Bonchev–Trinajstić information content (AvgIpc) is 3.07. The van der Waals surface area contributed by atoms with E-state index < -0.39 is 32.5 Å². The van der Waals surface area contributed by atoms with Crippen LogP contribution in [-0.4, -0.2) is 70.0 Å². The van der Waals surface area contributed by atoms with Crippen LogP contribution >= 0.6 is 7.82 Å². The van der Waals surface area contributed by atoms with E-state index in [0.717, 1.165) is 70.6 Å². The third-order valence-electron chi connectivity index (χ3n) is 8.42. The number of rotatable bonds is 36. The summed E-state index contributed by atoms with van der Waals surface area (Å²) in [6.07, 6.45) is 35.9. The highest BCUT2D eigenvalue weighted by Gasteiger charge is 2.21. The molecule has 0 aromatic carbocycles. The van der Waals surface area contributed by atoms with Crippen molar-refractivity contribution in [3.63, 3.8) is 0 Å². The van der Waals surface area contributed by atoms with Crippen molar-refractivity contribution in [2.45, 2.75) is 168 Å². The van der Waals surface area contributed by atoms with Gasteiger partial charge < -0.3 is 27.9 Å². The molecule has 0 rings (SSSR count). The summed E-state index contributed by atoms with van der Waals surface area (Å²) in [6, 6.07) is 0. The molecule has 10 heteroatoms. The number of hydrogen-bond acceptors (Lipinski definition) is 8. The van der Waals surface area contributed by atoms with E-state index >= 15 is 0 Å². The Bertz CT molecular complexity index is 975. The predicted octanol–water partition coefficient (Wildman–Crippen LogP) is 10.3. The standard InChI is InChI=1S/C41H76NO8P/c1-6-8-10-12-14-16-18-20-21-22-24-26-28-30-32-34-41(44)50-39(38-49-51(45,46)48-36-35-42(3,4)5)37-47-40(43)33-31-29-27-25-23-19-17-15-13-11-9-7-2/h8,10,14,16,20-21,39H,6-7,9,11-13,15,17-19,22-38H2,1-5H3/b10-8+,16-14+,21-20+/t39-/m1/s1. The van der Waals surface area contributed by atoms with E-state index in [4.69, 9.17) is 18.5 Å². The van der Waals surface area contributed by atoms with Crippen LogP contribution in [0.1, 0.15) is 162 Å². The molecule has 1 unspecified atom stereocenters. The Morgan fingerprint density at radius 3 is 1.67 bits per heavy atom. The van der Waals surface area contributed by atoms with Crippen LogP contribution in [0.3, 0.4) is 0 Å². The van der Waals surface area contributed by atoms with Crippen LogP contribution < -0.4 is 4.89 Å². The smallest absolute Gasteiger partial charge is 0.306 e. The molecule has 0 fully saturated rings. The molecule has 0 amide bonds. The molecule has 0 aliphatic carbocycles. The molecule has 2 atom stereocenters. The number of carbonyl (C=O) groups excluding carboxylic acids is 2. The Labute approximate surface area is 312 Å². The number of allylic oxidation sites excluding steroid dienone is 6. The minimum absolute atomic E-state index is 0.0341. The number of unbranched alkanes of at least 4 members (excludes halogenated alkanes) is 16. The Morgan fingerprint density at radius 1 is 0.627 bits per heavy atom. The van der Waals surface area contributed by atoms with Crippen molar-refractivity contribution < 1.29 is 42.1 Å². The van der Waals surface area contributed by atoms with Crippen molar-refractivity contribution in [1.29, 1.82) is 0 Å². The van der Waals surface area contributed by atoms with Gasteiger partial charge in [0, 0.05) is 12.8 Å². The summed E-state index contributed by atoms with van der Waals surface area (Å²) in [5.41, 5.74) is 0. The quantitative estimate of drug-likeness (QED) is 0.0205. The second-order valence-electron chi connectivity index (χ2n) is 14.6. The van der Waals surface area contributed by atoms with Crippen LogP contribution in [0, 0.1) is 0 Å². The molecule has 0 aromatic rings. The van der Waals surface area contributed by atoms with Crippen molar-refractivity contribution in [1.82, 2.24) is 0 Å². The summed E-state index contributed by atoms with van der Waals surface area (Å²) >= 11 is 0. The van der Waals surface area contributed by atoms with Gasteiger partial charge in [-0.05, 0) is 44.9 Å². The number of phosphoric acid groups is 1. The molecule has 0 aliphatic heterocycles. The normalized spacial score (nSPS) is 14.1. The maximum Gasteiger partial charge on any atom is 0.306 e. The Kier molecular flexibility index (Phi) is 32.8. The summed E-state index contributed by atoms with van der Waals surface area (Å²) in [5, 5.41) is 0. The third-order valence-corrected chi connectivity index (χ3v) is 9.39. The molecular weight excluding hydrogens is 665 g/mol. The SMILES string of the molecule is CC/C=C/C/C=C/C/C=C/CCCCCCCC(=O)O[C@H](COC(=O)CCCCCCCCCCCCCC)COP(=O)([O-])OCC[N+](C)(C)C. The first-order chi connectivity index (χ1) is 24.5. The largest absolute Gasteiger partial charge is 0.756 e. The van der Waals surface area contributed by atoms with Crippen LogP contribution in [0.15, 0.2) is 36.5 Å². The van der Waals surface area contributed by atoms with Crippen molar-refractivity contribution in [2.75, 3.05) is 47.5 Å². The molecule has 0 heterocycles. The fourth-order valence-electron chi connectivity index (χ4n) is 5.26. The Hall–Kier alpha value is -1.77. The summed E-state index contributed by atoms with van der Waals surface area (Å²) < 4.78 is 33.8. The molecule has 298 valence electrons. The van der Waals surface area contributed by atoms with Gasteiger partial charge in [0.1, 0.15) is 19.8 Å². The van der Waals surface area contributed by atoms with Gasteiger partial charge in [0.05, 0.1) is 27.7 Å². The van der Waals surface area contributed by atoms with Gasteiger partial charge in [-0.2, -0.15) is 0 Å². The zero-order chi connectivity index (χ0) is 37.9. The van der Waals surface area contributed by atoms with Crippen LogP contribution in [0.4, 0.5) is 0 Å². The molecule has 51 heavy (non-hydrogen) atoms. The van der Waals surface area contributed by atoms with Gasteiger partial charge in [0.25, 0.3) is 7.82 Å². The van der Waals surface area contributed by atoms with Crippen LogP contribution in [-0.2, 0) is 32.7 Å². The molecule has 0 aliphatic rings. The number of quaternary nitrogens is 1. The van der Waals surface area contributed by atoms with Gasteiger partial charge in [-0.1, -0.05) is 140 Å². The number of ether oxygens (including phenoxy) is 2. The van der Waals surface area contributed by atoms with Crippen molar-refractivity contribution >= 4 is 19.8 Å². The van der Waals surface area contributed by atoms with Gasteiger partial charge >= 0.3 is 11.9 Å². The molecule has 0 bridgehead atoms. The van der Waals surface area contributed by atoms with Crippen molar-refractivity contribution in [2.24, 2.45) is 0 Å². The molecule has 0 saturated carbocycles. The summed E-state index contributed by atoms with van der Waals surface area (Å²) in [5.74, 6) is -0.854. The maximum absolute atomic E-state index is 12.6. The van der Waals surface area contributed by atoms with E-state index in [1.165, 1.54) is 57.8 Å². The second-order valence-corrected chi connectivity index (χ2v) is 16.0. The molecule has 9 nitrogen and oxygen atoms in total. The highest BCUT2D eigenvalue weighted by atomic mass is 31.2. The average molecular weight is 742 g/mol. The van der Waals surface area contributed by atoms with E-state index in [1.54, 1.807) is 0 Å². The lowest BCUT2D eigenvalue weighted by Crippen LogP contribution is -2.37. The molecule has 0 N–H and O–H groups in total. The maximum atomic E-state index is 12.6. The second kappa shape index (κ2) is 34.0.